The molecule has 0 fully saturated rings. The third-order valence-electron chi connectivity index (χ3n) is 5.63. The quantitative estimate of drug-likeness (QED) is 0.747. The molecule has 1 heterocycles. The van der Waals surface area contributed by atoms with Gasteiger partial charge in [-0.05, 0) is 47.1 Å². The highest BCUT2D eigenvalue weighted by Gasteiger charge is 2.36. The highest BCUT2D eigenvalue weighted by molar-refractivity contribution is 7.92. The van der Waals surface area contributed by atoms with Crippen molar-refractivity contribution < 1.29 is 17.9 Å². The van der Waals surface area contributed by atoms with Crippen molar-refractivity contribution in [3.05, 3.63) is 53.1 Å². The van der Waals surface area contributed by atoms with E-state index in [0.29, 0.717) is 11.4 Å². The molecule has 0 bridgehead atoms. The summed E-state index contributed by atoms with van der Waals surface area (Å²) in [5, 5.41) is 3.00. The third-order valence-corrected chi connectivity index (χ3v) is 6.78. The minimum Gasteiger partial charge on any atom is -0.476 e. The smallest absolute Gasteiger partial charge is 0.267 e. The molecule has 1 aliphatic rings. The molecule has 0 saturated heterocycles. The van der Waals surface area contributed by atoms with Crippen LogP contribution in [0.5, 0.6) is 5.75 Å². The number of hydrogen-bond donors (Lipinski definition) is 1. The van der Waals surface area contributed by atoms with Gasteiger partial charge in [-0.3, -0.25) is 9.10 Å². The number of fused-ring (bicyclic) bond motifs is 1. The summed E-state index contributed by atoms with van der Waals surface area (Å²) in [6, 6.07) is 11.5. The van der Waals surface area contributed by atoms with Gasteiger partial charge >= 0.3 is 0 Å². The Bertz CT molecular complexity index is 1060. The minimum absolute atomic E-state index is 0.0684. The largest absolute Gasteiger partial charge is 0.476 e. The molecule has 6 nitrogen and oxygen atoms in total. The molecule has 0 spiro atoms. The molecule has 0 saturated carbocycles. The van der Waals surface area contributed by atoms with Crippen molar-refractivity contribution in [3.63, 3.8) is 0 Å². The molecule has 1 aliphatic heterocycles. The van der Waals surface area contributed by atoms with Crippen LogP contribution >= 0.6 is 0 Å². The van der Waals surface area contributed by atoms with Crippen LogP contribution in [0.1, 0.15) is 51.3 Å². The van der Waals surface area contributed by atoms with Gasteiger partial charge in [-0.1, -0.05) is 58.9 Å². The van der Waals surface area contributed by atoms with Gasteiger partial charge in [0, 0.05) is 5.69 Å². The number of sulfonamides is 1. The molecule has 168 valence electrons. The lowest BCUT2D eigenvalue weighted by molar-refractivity contribution is -0.122. The Kier molecular flexibility index (Phi) is 6.37. The van der Waals surface area contributed by atoms with E-state index in [-0.39, 0.29) is 17.9 Å². The normalized spacial score (nSPS) is 16.5. The van der Waals surface area contributed by atoms with Crippen molar-refractivity contribution in [2.75, 3.05) is 22.4 Å². The fraction of sp³-hybridized carbons (Fsp3) is 0.458. The second-order valence-corrected chi connectivity index (χ2v) is 10.9. The Morgan fingerprint density at radius 2 is 1.74 bits per heavy atom. The molecule has 0 aromatic heterocycles. The van der Waals surface area contributed by atoms with E-state index in [1.54, 1.807) is 6.07 Å². The van der Waals surface area contributed by atoms with Crippen LogP contribution in [0.2, 0.25) is 0 Å². The lowest BCUT2D eigenvalue weighted by Crippen LogP contribution is -2.48. The zero-order valence-corrected chi connectivity index (χ0v) is 20.0. The second kappa shape index (κ2) is 8.54. The lowest BCUT2D eigenvalue weighted by Gasteiger charge is -2.35. The summed E-state index contributed by atoms with van der Waals surface area (Å²) in [4.78, 5) is 13.2. The Balaban J connectivity index is 1.96. The number of rotatable bonds is 5. The highest BCUT2D eigenvalue weighted by Crippen LogP contribution is 2.39. The molecule has 1 atom stereocenters. The van der Waals surface area contributed by atoms with Gasteiger partial charge in [0.15, 0.2) is 6.10 Å². The van der Waals surface area contributed by atoms with Crippen LogP contribution in [0.25, 0.3) is 0 Å². The highest BCUT2D eigenvalue weighted by atomic mass is 32.2. The number of carbonyl (C=O) groups excluding carboxylic acids is 1. The van der Waals surface area contributed by atoms with Crippen molar-refractivity contribution in [1.29, 1.82) is 0 Å². The molecule has 0 aliphatic carbocycles. The van der Waals surface area contributed by atoms with Gasteiger partial charge in [-0.15, -0.1) is 0 Å². The van der Waals surface area contributed by atoms with E-state index < -0.39 is 16.1 Å². The summed E-state index contributed by atoms with van der Waals surface area (Å²) >= 11 is 0. The van der Waals surface area contributed by atoms with Gasteiger partial charge in [0.05, 0.1) is 18.5 Å². The van der Waals surface area contributed by atoms with E-state index in [0.717, 1.165) is 41.5 Å². The van der Waals surface area contributed by atoms with Crippen molar-refractivity contribution in [1.82, 2.24) is 0 Å². The van der Waals surface area contributed by atoms with Gasteiger partial charge in [-0.25, -0.2) is 8.42 Å². The van der Waals surface area contributed by atoms with Crippen molar-refractivity contribution in [3.8, 4) is 5.75 Å². The van der Waals surface area contributed by atoms with Crippen molar-refractivity contribution >= 4 is 27.3 Å². The van der Waals surface area contributed by atoms with E-state index in [1.165, 1.54) is 4.31 Å². The summed E-state index contributed by atoms with van der Waals surface area (Å²) in [5.41, 5.74) is 4.20. The van der Waals surface area contributed by atoms with Crippen LogP contribution in [0, 0.1) is 0 Å². The fourth-order valence-corrected chi connectivity index (χ4v) is 4.68. The summed E-state index contributed by atoms with van der Waals surface area (Å²) in [6.45, 7) is 10.2. The molecule has 1 amide bonds. The number of amides is 1. The maximum Gasteiger partial charge on any atom is 0.267 e. The van der Waals surface area contributed by atoms with E-state index >= 15 is 0 Å². The van der Waals surface area contributed by atoms with Crippen LogP contribution < -0.4 is 14.4 Å². The predicted molar refractivity (Wildman–Crippen MR) is 126 cm³/mol. The maximum atomic E-state index is 13.2. The van der Waals surface area contributed by atoms with Gasteiger partial charge in [0.2, 0.25) is 10.0 Å². The molecule has 7 heteroatoms. The number of benzene rings is 2. The molecule has 0 radical (unpaired) electrons. The van der Waals surface area contributed by atoms with Gasteiger partial charge < -0.3 is 10.1 Å². The number of aryl methyl sites for hydroxylation is 2. The molecule has 1 N–H and O–H groups in total. The Morgan fingerprint density at radius 1 is 1.13 bits per heavy atom. The summed E-state index contributed by atoms with van der Waals surface area (Å²) in [5.74, 6) is 0.0408. The topological polar surface area (TPSA) is 75.7 Å². The number of para-hydroxylation sites is 1. The monoisotopic (exact) mass is 444 g/mol. The number of carbonyl (C=O) groups is 1. The minimum atomic E-state index is -3.59. The van der Waals surface area contributed by atoms with E-state index in [1.807, 2.05) is 44.2 Å². The van der Waals surface area contributed by atoms with Crippen LogP contribution in [0.3, 0.4) is 0 Å². The van der Waals surface area contributed by atoms with Crippen LogP contribution in [-0.2, 0) is 33.1 Å². The predicted octanol–water partition coefficient (Wildman–Crippen LogP) is 4.27. The average molecular weight is 445 g/mol. The molecule has 3 rings (SSSR count). The first kappa shape index (κ1) is 23.1. The molecule has 2 aromatic rings. The first-order valence-corrected chi connectivity index (χ1v) is 12.5. The molecule has 2 aromatic carbocycles. The number of anilines is 2. The van der Waals surface area contributed by atoms with Gasteiger partial charge in [0.1, 0.15) is 5.75 Å². The molecule has 0 unspecified atom stereocenters. The van der Waals surface area contributed by atoms with Crippen LogP contribution in [-0.4, -0.2) is 33.2 Å². The number of hydrogen-bond acceptors (Lipinski definition) is 4. The van der Waals surface area contributed by atoms with E-state index in [4.69, 9.17) is 4.74 Å². The Hall–Kier alpha value is -2.54. The zero-order chi connectivity index (χ0) is 23.0. The summed E-state index contributed by atoms with van der Waals surface area (Å²) in [7, 11) is -3.59. The molecule has 31 heavy (non-hydrogen) atoms. The third kappa shape index (κ3) is 4.87. The van der Waals surface area contributed by atoms with E-state index in [9.17, 15) is 13.2 Å². The zero-order valence-electron chi connectivity index (χ0n) is 19.2. The van der Waals surface area contributed by atoms with Gasteiger partial charge in [-0.2, -0.15) is 0 Å². The van der Waals surface area contributed by atoms with E-state index in [2.05, 4.69) is 26.1 Å². The second-order valence-electron chi connectivity index (χ2n) is 8.98. The first-order valence-electron chi connectivity index (χ1n) is 10.7. The number of ether oxygens (including phenoxy) is 1. The number of nitrogens with zero attached hydrogens (tertiary/aromatic N) is 1. The average Bonchev–Trinajstić information content (AvgIpc) is 2.71. The maximum absolute atomic E-state index is 13.2. The first-order chi connectivity index (χ1) is 14.5. The fourth-order valence-electron chi connectivity index (χ4n) is 3.78. The van der Waals surface area contributed by atoms with Crippen molar-refractivity contribution in [2.24, 2.45) is 0 Å². The SMILES string of the molecule is CCc1cccc(CC)c1NC(=O)[C@@H]1CN(S(C)(=O)=O)c2cc(C(C)(C)C)ccc2O1. The lowest BCUT2D eigenvalue weighted by atomic mass is 9.86. The van der Waals surface area contributed by atoms with Gasteiger partial charge in [0.25, 0.3) is 5.91 Å². The van der Waals surface area contributed by atoms with Crippen LogP contribution in [0.4, 0.5) is 11.4 Å². The Morgan fingerprint density at radius 3 is 2.26 bits per heavy atom. The van der Waals surface area contributed by atoms with Crippen molar-refractivity contribution in [2.45, 2.75) is 59.0 Å². The molecular formula is C24H32N2O4S. The standard InChI is InChI=1S/C24H32N2O4S/c1-7-16-10-9-11-17(8-2)22(16)25-23(27)21-15-26(31(6,28)29)19-14-18(24(3,4)5)12-13-20(19)30-21/h9-14,21H,7-8,15H2,1-6H3,(H,25,27)/t21-/m0/s1. The summed E-state index contributed by atoms with van der Waals surface area (Å²) < 4.78 is 32.4. The molecular weight excluding hydrogens is 412 g/mol. The summed E-state index contributed by atoms with van der Waals surface area (Å²) in [6.07, 6.45) is 1.77. The number of nitrogens with one attached hydrogen (secondary N) is 1. The van der Waals surface area contributed by atoms with Crippen LogP contribution in [0.15, 0.2) is 36.4 Å². The Labute approximate surface area is 185 Å².